The fraction of sp³-hybridized carbons (Fsp3) is 0.0769. The van der Waals surface area contributed by atoms with Crippen LogP contribution >= 0.6 is 11.8 Å². The molecule has 19 heavy (non-hydrogen) atoms. The lowest BCUT2D eigenvalue weighted by Gasteiger charge is -2.04. The average molecular weight is 281 g/mol. The molecule has 1 aromatic carbocycles. The Morgan fingerprint density at radius 1 is 1.11 bits per heavy atom. The van der Waals surface area contributed by atoms with Crippen LogP contribution in [0.4, 0.5) is 8.78 Å². The topological polar surface area (TPSA) is 50.2 Å². The number of carbonyl (C=O) groups is 1. The molecule has 0 aliphatic rings. The Morgan fingerprint density at radius 2 is 1.74 bits per heavy atom. The van der Waals surface area contributed by atoms with E-state index < -0.39 is 11.7 Å². The quantitative estimate of drug-likeness (QED) is 0.867. The molecule has 0 atom stereocenters. The van der Waals surface area contributed by atoms with E-state index >= 15 is 0 Å². The number of aromatic carboxylic acids is 1. The number of hydrogen-bond acceptors (Lipinski definition) is 3. The summed E-state index contributed by atoms with van der Waals surface area (Å²) in [6.07, 6.45) is 1.44. The number of rotatable bonds is 4. The Bertz CT molecular complexity index is 570. The van der Waals surface area contributed by atoms with Gasteiger partial charge in [-0.25, -0.2) is 9.78 Å². The fourth-order valence-electron chi connectivity index (χ4n) is 1.52. The van der Waals surface area contributed by atoms with Crippen LogP contribution in [0.3, 0.4) is 0 Å². The number of aromatic nitrogens is 1. The molecule has 0 saturated carbocycles. The van der Waals surface area contributed by atoms with E-state index in [4.69, 9.17) is 5.11 Å². The molecule has 2 rings (SSSR count). The molecule has 1 N–H and O–H groups in total. The molecule has 1 heterocycles. The summed E-state index contributed by atoms with van der Waals surface area (Å²) in [7, 11) is 0. The highest BCUT2D eigenvalue weighted by atomic mass is 32.2. The molecule has 0 unspecified atom stereocenters. The van der Waals surface area contributed by atoms with E-state index in [2.05, 4.69) is 4.98 Å². The maximum Gasteiger partial charge on any atom is 0.354 e. The van der Waals surface area contributed by atoms with Gasteiger partial charge in [-0.05, 0) is 23.8 Å². The predicted octanol–water partition coefficient (Wildman–Crippen LogP) is 3.76. The van der Waals surface area contributed by atoms with Crippen molar-refractivity contribution < 1.29 is 18.7 Å². The van der Waals surface area contributed by atoms with E-state index in [9.17, 15) is 13.6 Å². The van der Waals surface area contributed by atoms with E-state index in [0.717, 1.165) is 11.1 Å². The summed E-state index contributed by atoms with van der Waals surface area (Å²) < 4.78 is 24.3. The first-order valence-corrected chi connectivity index (χ1v) is 6.19. The molecule has 2 aromatic rings. The van der Waals surface area contributed by atoms with Gasteiger partial charge in [-0.3, -0.25) is 0 Å². The van der Waals surface area contributed by atoms with Crippen molar-refractivity contribution in [2.45, 2.75) is 10.7 Å². The summed E-state index contributed by atoms with van der Waals surface area (Å²) in [5.74, 6) is -3.53. The molecule has 0 spiro atoms. The molecule has 0 fully saturated rings. The lowest BCUT2D eigenvalue weighted by molar-refractivity contribution is 0.0690. The molecule has 0 aliphatic carbocycles. The summed E-state index contributed by atoms with van der Waals surface area (Å²) in [5.41, 5.74) is 1.50. The van der Waals surface area contributed by atoms with Gasteiger partial charge in [0.25, 0.3) is 5.76 Å². The number of nitrogens with zero attached hydrogens (tertiary/aromatic N) is 1. The van der Waals surface area contributed by atoms with Gasteiger partial charge in [0.05, 0.1) is 0 Å². The first-order valence-electron chi connectivity index (χ1n) is 5.31. The third-order valence-electron chi connectivity index (χ3n) is 2.40. The summed E-state index contributed by atoms with van der Waals surface area (Å²) in [5, 5.41) is 8.73. The van der Waals surface area contributed by atoms with Crippen LogP contribution in [0.15, 0.2) is 47.5 Å². The van der Waals surface area contributed by atoms with Crippen molar-refractivity contribution >= 4 is 17.7 Å². The number of benzene rings is 1. The minimum absolute atomic E-state index is 0.0337. The normalized spacial score (nSPS) is 10.7. The molecular formula is C13H9F2NO2S. The fourth-order valence-corrected chi connectivity index (χ4v) is 2.02. The van der Waals surface area contributed by atoms with E-state index in [-0.39, 0.29) is 5.69 Å². The number of halogens is 2. The maximum absolute atomic E-state index is 12.2. The van der Waals surface area contributed by atoms with Crippen LogP contribution in [-0.4, -0.2) is 21.8 Å². The van der Waals surface area contributed by atoms with Gasteiger partial charge < -0.3 is 5.11 Å². The van der Waals surface area contributed by atoms with Crippen LogP contribution in [0, 0.1) is 0 Å². The van der Waals surface area contributed by atoms with Crippen molar-refractivity contribution in [2.24, 2.45) is 0 Å². The molecule has 0 bridgehead atoms. The monoisotopic (exact) mass is 281 g/mol. The third kappa shape index (κ3) is 3.51. The molecule has 98 valence electrons. The number of alkyl halides is 2. The van der Waals surface area contributed by atoms with Crippen LogP contribution in [0.2, 0.25) is 0 Å². The van der Waals surface area contributed by atoms with Crippen molar-refractivity contribution in [1.29, 1.82) is 0 Å². The number of hydrogen-bond donors (Lipinski definition) is 1. The minimum atomic E-state index is -2.44. The summed E-state index contributed by atoms with van der Waals surface area (Å²) in [4.78, 5) is 14.9. The second kappa shape index (κ2) is 5.79. The van der Waals surface area contributed by atoms with E-state index in [1.54, 1.807) is 30.3 Å². The second-order valence-electron chi connectivity index (χ2n) is 3.64. The molecule has 0 saturated heterocycles. The molecular weight excluding hydrogens is 272 g/mol. The highest BCUT2D eigenvalue weighted by molar-refractivity contribution is 7.99. The van der Waals surface area contributed by atoms with Crippen LogP contribution in [0.5, 0.6) is 0 Å². The smallest absolute Gasteiger partial charge is 0.354 e. The Kier molecular flexibility index (Phi) is 4.11. The highest BCUT2D eigenvalue weighted by Gasteiger charge is 2.07. The predicted molar refractivity (Wildman–Crippen MR) is 68.5 cm³/mol. The van der Waals surface area contributed by atoms with Crippen LogP contribution in [-0.2, 0) is 0 Å². The van der Waals surface area contributed by atoms with Gasteiger partial charge in [0.2, 0.25) is 0 Å². The number of carboxylic acid groups (broad SMARTS) is 1. The summed E-state index contributed by atoms with van der Waals surface area (Å²) in [6.45, 7) is 0. The lowest BCUT2D eigenvalue weighted by atomic mass is 10.1. The lowest BCUT2D eigenvalue weighted by Crippen LogP contribution is -1.99. The van der Waals surface area contributed by atoms with Crippen LogP contribution in [0.1, 0.15) is 10.5 Å². The molecule has 0 amide bonds. The van der Waals surface area contributed by atoms with Crippen molar-refractivity contribution in [1.82, 2.24) is 4.98 Å². The van der Waals surface area contributed by atoms with Crippen molar-refractivity contribution in [2.75, 3.05) is 0 Å². The number of carboxylic acids is 1. The zero-order chi connectivity index (χ0) is 13.8. The minimum Gasteiger partial charge on any atom is -0.477 e. The van der Waals surface area contributed by atoms with Gasteiger partial charge in [-0.1, -0.05) is 30.0 Å². The first kappa shape index (κ1) is 13.5. The Balaban J connectivity index is 2.19. The van der Waals surface area contributed by atoms with Gasteiger partial charge in [0, 0.05) is 16.7 Å². The largest absolute Gasteiger partial charge is 0.477 e. The van der Waals surface area contributed by atoms with Crippen molar-refractivity contribution in [3.63, 3.8) is 0 Å². The zero-order valence-electron chi connectivity index (χ0n) is 9.59. The summed E-state index contributed by atoms with van der Waals surface area (Å²) in [6, 6.07) is 9.62. The highest BCUT2D eigenvalue weighted by Crippen LogP contribution is 2.27. The molecule has 0 radical (unpaired) electrons. The molecule has 0 aliphatic heterocycles. The zero-order valence-corrected chi connectivity index (χ0v) is 10.4. The molecule has 3 nitrogen and oxygen atoms in total. The van der Waals surface area contributed by atoms with E-state index in [0.29, 0.717) is 16.7 Å². The van der Waals surface area contributed by atoms with E-state index in [1.165, 1.54) is 12.3 Å². The van der Waals surface area contributed by atoms with E-state index in [1.807, 2.05) is 0 Å². The standard InChI is InChI=1S/C13H9F2NO2S/c14-13(15)19-10-4-1-8(2-5-10)9-3-6-11(12(17)18)16-7-9/h1-7,13H,(H,17,18). The van der Waals surface area contributed by atoms with Crippen LogP contribution < -0.4 is 0 Å². The van der Waals surface area contributed by atoms with Gasteiger partial charge >= 0.3 is 5.97 Å². The van der Waals surface area contributed by atoms with Gasteiger partial charge in [-0.2, -0.15) is 8.78 Å². The average Bonchev–Trinajstić information content (AvgIpc) is 2.39. The van der Waals surface area contributed by atoms with Gasteiger partial charge in [-0.15, -0.1) is 0 Å². The SMILES string of the molecule is O=C(O)c1ccc(-c2ccc(SC(F)F)cc2)cn1. The first-order chi connectivity index (χ1) is 9.06. The Labute approximate surface area is 112 Å². The van der Waals surface area contributed by atoms with Gasteiger partial charge in [0.15, 0.2) is 0 Å². The maximum atomic E-state index is 12.2. The van der Waals surface area contributed by atoms with Crippen LogP contribution in [0.25, 0.3) is 11.1 Å². The molecule has 6 heteroatoms. The van der Waals surface area contributed by atoms with Gasteiger partial charge in [0.1, 0.15) is 5.69 Å². The molecule has 1 aromatic heterocycles. The number of thioether (sulfide) groups is 1. The number of pyridine rings is 1. The Hall–Kier alpha value is -1.95. The summed E-state index contributed by atoms with van der Waals surface area (Å²) >= 11 is 0.482. The second-order valence-corrected chi connectivity index (χ2v) is 4.70. The third-order valence-corrected chi connectivity index (χ3v) is 3.12. The van der Waals surface area contributed by atoms with Crippen molar-refractivity contribution in [3.8, 4) is 11.1 Å². The van der Waals surface area contributed by atoms with Crippen molar-refractivity contribution in [3.05, 3.63) is 48.3 Å². The Morgan fingerprint density at radius 3 is 2.21 bits per heavy atom.